The van der Waals surface area contributed by atoms with Gasteiger partial charge in [-0.15, -0.1) is 0 Å². The van der Waals surface area contributed by atoms with Crippen molar-refractivity contribution in [2.24, 2.45) is 0 Å². The molecule has 0 atom stereocenters. The van der Waals surface area contributed by atoms with Crippen LogP contribution in [0.3, 0.4) is 0 Å². The van der Waals surface area contributed by atoms with Crippen molar-refractivity contribution in [2.45, 2.75) is 20.0 Å². The molecule has 0 bridgehead atoms. The molecule has 1 N–H and O–H groups in total. The molecule has 0 fully saturated rings. The van der Waals surface area contributed by atoms with E-state index in [-0.39, 0.29) is 0 Å². The first kappa shape index (κ1) is 14.3. The SMILES string of the molecule is CCN(Cc1ccccc1)Cc1cccc(NC=O)c1. The standard InChI is InChI=1S/C17H20N2O/c1-2-19(12-15-7-4-3-5-8-15)13-16-9-6-10-17(11-16)18-14-20/h3-11,14H,2,12-13H2,1H3,(H,18,20). The van der Waals surface area contributed by atoms with Crippen LogP contribution < -0.4 is 5.32 Å². The van der Waals surface area contributed by atoms with Gasteiger partial charge >= 0.3 is 0 Å². The van der Waals surface area contributed by atoms with E-state index in [1.54, 1.807) is 0 Å². The van der Waals surface area contributed by atoms with Gasteiger partial charge in [-0.1, -0.05) is 49.4 Å². The lowest BCUT2D eigenvalue weighted by Crippen LogP contribution is -2.22. The van der Waals surface area contributed by atoms with Gasteiger partial charge in [0.25, 0.3) is 0 Å². The third-order valence-electron chi connectivity index (χ3n) is 3.25. The van der Waals surface area contributed by atoms with Crippen molar-refractivity contribution in [3.05, 3.63) is 65.7 Å². The van der Waals surface area contributed by atoms with E-state index >= 15 is 0 Å². The molecule has 0 saturated heterocycles. The molecule has 2 rings (SSSR count). The molecular weight excluding hydrogens is 248 g/mol. The second-order valence-electron chi connectivity index (χ2n) is 4.75. The Labute approximate surface area is 120 Å². The molecule has 0 aliphatic heterocycles. The second-order valence-corrected chi connectivity index (χ2v) is 4.75. The summed E-state index contributed by atoms with van der Waals surface area (Å²) in [6.45, 7) is 4.96. The van der Waals surface area contributed by atoms with Gasteiger partial charge in [-0.3, -0.25) is 9.69 Å². The van der Waals surface area contributed by atoms with Gasteiger partial charge in [-0.2, -0.15) is 0 Å². The van der Waals surface area contributed by atoms with Gasteiger partial charge in [0.1, 0.15) is 0 Å². The largest absolute Gasteiger partial charge is 0.329 e. The third-order valence-corrected chi connectivity index (χ3v) is 3.25. The molecule has 0 aromatic heterocycles. The third kappa shape index (κ3) is 4.21. The average Bonchev–Trinajstić information content (AvgIpc) is 2.48. The van der Waals surface area contributed by atoms with E-state index in [1.165, 1.54) is 11.1 Å². The number of carbonyl (C=O) groups is 1. The number of nitrogens with zero attached hydrogens (tertiary/aromatic N) is 1. The molecule has 3 heteroatoms. The zero-order valence-electron chi connectivity index (χ0n) is 11.8. The fourth-order valence-electron chi connectivity index (χ4n) is 2.21. The summed E-state index contributed by atoms with van der Waals surface area (Å²) in [5.41, 5.74) is 3.36. The number of hydrogen-bond donors (Lipinski definition) is 1. The first-order chi connectivity index (χ1) is 9.81. The van der Waals surface area contributed by atoms with Crippen LogP contribution in [0.5, 0.6) is 0 Å². The van der Waals surface area contributed by atoms with Gasteiger partial charge in [-0.25, -0.2) is 0 Å². The smallest absolute Gasteiger partial charge is 0.211 e. The van der Waals surface area contributed by atoms with E-state index in [0.717, 1.165) is 25.3 Å². The van der Waals surface area contributed by atoms with Crippen LogP contribution in [0, 0.1) is 0 Å². The molecule has 0 heterocycles. The van der Waals surface area contributed by atoms with Crippen molar-refractivity contribution in [3.8, 4) is 0 Å². The first-order valence-corrected chi connectivity index (χ1v) is 6.87. The van der Waals surface area contributed by atoms with E-state index in [2.05, 4.69) is 47.5 Å². The van der Waals surface area contributed by atoms with E-state index in [4.69, 9.17) is 0 Å². The zero-order chi connectivity index (χ0) is 14.2. The summed E-state index contributed by atoms with van der Waals surface area (Å²) < 4.78 is 0. The van der Waals surface area contributed by atoms with Crippen LogP contribution in [0.15, 0.2) is 54.6 Å². The number of anilines is 1. The summed E-state index contributed by atoms with van der Waals surface area (Å²) in [4.78, 5) is 12.9. The molecule has 3 nitrogen and oxygen atoms in total. The fourth-order valence-corrected chi connectivity index (χ4v) is 2.21. The molecule has 2 aromatic carbocycles. The molecule has 1 amide bonds. The van der Waals surface area contributed by atoms with Crippen molar-refractivity contribution in [1.82, 2.24) is 4.90 Å². The highest BCUT2D eigenvalue weighted by Gasteiger charge is 2.05. The molecule has 0 radical (unpaired) electrons. The fraction of sp³-hybridized carbons (Fsp3) is 0.235. The van der Waals surface area contributed by atoms with Crippen LogP contribution >= 0.6 is 0 Å². The highest BCUT2D eigenvalue weighted by molar-refractivity contribution is 5.71. The minimum absolute atomic E-state index is 0.709. The van der Waals surface area contributed by atoms with E-state index in [1.807, 2.05) is 24.3 Å². The number of hydrogen-bond acceptors (Lipinski definition) is 2. The van der Waals surface area contributed by atoms with Crippen LogP contribution in [-0.4, -0.2) is 17.9 Å². The van der Waals surface area contributed by atoms with Crippen molar-refractivity contribution in [1.29, 1.82) is 0 Å². The van der Waals surface area contributed by atoms with Crippen LogP contribution in [0.25, 0.3) is 0 Å². The summed E-state index contributed by atoms with van der Waals surface area (Å²) in [5.74, 6) is 0. The molecular formula is C17H20N2O. The monoisotopic (exact) mass is 268 g/mol. The maximum absolute atomic E-state index is 10.5. The van der Waals surface area contributed by atoms with Crippen molar-refractivity contribution < 1.29 is 4.79 Å². The number of amides is 1. The molecule has 20 heavy (non-hydrogen) atoms. The van der Waals surface area contributed by atoms with Gasteiger partial charge < -0.3 is 5.32 Å². The number of carbonyl (C=O) groups excluding carboxylic acids is 1. The molecule has 0 aliphatic rings. The van der Waals surface area contributed by atoms with Crippen LogP contribution in [-0.2, 0) is 17.9 Å². The Balaban J connectivity index is 2.02. The Morgan fingerprint density at radius 2 is 1.70 bits per heavy atom. The normalized spacial score (nSPS) is 10.5. The van der Waals surface area contributed by atoms with Crippen LogP contribution in [0.1, 0.15) is 18.1 Å². The van der Waals surface area contributed by atoms with Gasteiger partial charge in [0.2, 0.25) is 6.41 Å². The predicted octanol–water partition coefficient (Wildman–Crippen LogP) is 3.28. The Bertz CT molecular complexity index is 540. The Morgan fingerprint density at radius 1 is 1.00 bits per heavy atom. The van der Waals surface area contributed by atoms with E-state index < -0.39 is 0 Å². The number of nitrogens with one attached hydrogen (secondary N) is 1. The van der Waals surface area contributed by atoms with Crippen LogP contribution in [0.2, 0.25) is 0 Å². The summed E-state index contributed by atoms with van der Waals surface area (Å²) >= 11 is 0. The highest BCUT2D eigenvalue weighted by atomic mass is 16.1. The summed E-state index contributed by atoms with van der Waals surface area (Å²) in [6, 6.07) is 18.4. The molecule has 0 spiro atoms. The second kappa shape index (κ2) is 7.46. The number of rotatable bonds is 7. The van der Waals surface area contributed by atoms with Crippen LogP contribution in [0.4, 0.5) is 5.69 Å². The molecule has 0 unspecified atom stereocenters. The van der Waals surface area contributed by atoms with Gasteiger partial charge in [0, 0.05) is 18.8 Å². The maximum atomic E-state index is 10.5. The van der Waals surface area contributed by atoms with Crippen molar-refractivity contribution in [3.63, 3.8) is 0 Å². The molecule has 104 valence electrons. The summed E-state index contributed by atoms with van der Waals surface area (Å²) in [5, 5.41) is 2.69. The van der Waals surface area contributed by atoms with Crippen molar-refractivity contribution in [2.75, 3.05) is 11.9 Å². The predicted molar refractivity (Wildman–Crippen MR) is 82.4 cm³/mol. The lowest BCUT2D eigenvalue weighted by Gasteiger charge is -2.21. The average molecular weight is 268 g/mol. The minimum atomic E-state index is 0.709. The van der Waals surface area contributed by atoms with Gasteiger partial charge in [-0.05, 0) is 29.8 Å². The van der Waals surface area contributed by atoms with Crippen molar-refractivity contribution >= 4 is 12.1 Å². The summed E-state index contributed by atoms with van der Waals surface area (Å²) in [7, 11) is 0. The Kier molecular flexibility index (Phi) is 5.33. The van der Waals surface area contributed by atoms with E-state index in [0.29, 0.717) is 6.41 Å². The minimum Gasteiger partial charge on any atom is -0.329 e. The first-order valence-electron chi connectivity index (χ1n) is 6.87. The van der Waals surface area contributed by atoms with E-state index in [9.17, 15) is 4.79 Å². The van der Waals surface area contributed by atoms with Gasteiger partial charge in [0.05, 0.1) is 0 Å². The Morgan fingerprint density at radius 3 is 2.40 bits per heavy atom. The van der Waals surface area contributed by atoms with Gasteiger partial charge in [0.15, 0.2) is 0 Å². The quantitative estimate of drug-likeness (QED) is 0.782. The summed E-state index contributed by atoms with van der Waals surface area (Å²) in [6.07, 6.45) is 0.709. The lowest BCUT2D eigenvalue weighted by molar-refractivity contribution is -0.105. The Hall–Kier alpha value is -2.13. The number of benzene rings is 2. The maximum Gasteiger partial charge on any atom is 0.211 e. The zero-order valence-corrected chi connectivity index (χ0v) is 11.8. The highest BCUT2D eigenvalue weighted by Crippen LogP contribution is 2.14. The lowest BCUT2D eigenvalue weighted by atomic mass is 10.1. The molecule has 2 aromatic rings. The topological polar surface area (TPSA) is 32.3 Å². The molecule has 0 saturated carbocycles. The molecule has 0 aliphatic carbocycles.